The molecule has 0 fully saturated rings. The summed E-state index contributed by atoms with van der Waals surface area (Å²) in [6, 6.07) is 2.87. The lowest BCUT2D eigenvalue weighted by Gasteiger charge is -2.22. The zero-order valence-corrected chi connectivity index (χ0v) is 12.9. The summed E-state index contributed by atoms with van der Waals surface area (Å²) >= 11 is 17.6. The molecule has 0 heterocycles. The molecule has 2 N–H and O–H groups in total. The Labute approximate surface area is 127 Å². The molecule has 0 bridgehead atoms. The molecule has 1 amide bonds. The van der Waals surface area contributed by atoms with E-state index >= 15 is 0 Å². The number of carbonyl (C=O) groups is 1. The molecule has 0 saturated heterocycles. The maximum atomic E-state index is 11.8. The Hall–Kier alpha value is -0.520. The van der Waals surface area contributed by atoms with Gasteiger partial charge in [0.2, 0.25) is 5.91 Å². The van der Waals surface area contributed by atoms with E-state index < -0.39 is 0 Å². The number of rotatable bonds is 5. The number of likely N-dealkylation sites (N-methyl/N-ethyl adjacent to an activating group) is 1. The predicted octanol–water partition coefficient (Wildman–Crippen LogP) is 2.90. The molecule has 1 atom stereocenters. The first-order chi connectivity index (χ1) is 8.85. The van der Waals surface area contributed by atoms with E-state index in [0.29, 0.717) is 20.8 Å². The molecular weight excluding hydrogens is 311 g/mol. The second-order valence-corrected chi connectivity index (χ2v) is 5.46. The molecule has 1 aromatic carbocycles. The Bertz CT molecular complexity index is 469. The molecule has 1 aromatic rings. The average Bonchev–Trinajstić information content (AvgIpc) is 2.34. The van der Waals surface area contributed by atoms with Crippen LogP contribution >= 0.6 is 34.8 Å². The molecule has 4 nitrogen and oxygen atoms in total. The monoisotopic (exact) mass is 324 g/mol. The van der Waals surface area contributed by atoms with Gasteiger partial charge < -0.3 is 10.4 Å². The van der Waals surface area contributed by atoms with Gasteiger partial charge in [0.1, 0.15) is 0 Å². The van der Waals surface area contributed by atoms with Crippen molar-refractivity contribution in [2.24, 2.45) is 0 Å². The number of carbonyl (C=O) groups excluding carboxylic acids is 1. The third kappa shape index (κ3) is 4.82. The van der Waals surface area contributed by atoms with Crippen molar-refractivity contribution in [2.75, 3.05) is 25.5 Å². The lowest BCUT2D eigenvalue weighted by atomic mass is 10.3. The van der Waals surface area contributed by atoms with Crippen LogP contribution in [0.5, 0.6) is 0 Å². The molecule has 0 aliphatic rings. The van der Waals surface area contributed by atoms with Crippen LogP contribution in [0.15, 0.2) is 12.1 Å². The number of aliphatic hydroxyl groups excluding tert-OH is 1. The standard InChI is InChI=1S/C12H15Cl3N2O2/c1-7(6-18)17(2)5-12(19)16-11-4-9(14)8(13)3-10(11)15/h3-4,7,18H,5-6H2,1-2H3,(H,16,19). The maximum absolute atomic E-state index is 11.8. The number of aliphatic hydroxyl groups is 1. The van der Waals surface area contributed by atoms with E-state index in [1.54, 1.807) is 11.9 Å². The van der Waals surface area contributed by atoms with Gasteiger partial charge in [-0.3, -0.25) is 9.69 Å². The molecule has 0 aliphatic heterocycles. The molecule has 0 aliphatic carbocycles. The maximum Gasteiger partial charge on any atom is 0.238 e. The molecule has 0 saturated carbocycles. The smallest absolute Gasteiger partial charge is 0.238 e. The van der Waals surface area contributed by atoms with E-state index in [0.717, 1.165) is 0 Å². The molecular formula is C12H15Cl3N2O2. The number of hydrogen-bond donors (Lipinski definition) is 2. The van der Waals surface area contributed by atoms with Gasteiger partial charge in [-0.2, -0.15) is 0 Å². The summed E-state index contributed by atoms with van der Waals surface area (Å²) in [5.41, 5.74) is 0.408. The average molecular weight is 326 g/mol. The van der Waals surface area contributed by atoms with Gasteiger partial charge in [-0.05, 0) is 26.1 Å². The van der Waals surface area contributed by atoms with E-state index in [2.05, 4.69) is 5.32 Å². The fourth-order valence-electron chi connectivity index (χ4n) is 1.33. The van der Waals surface area contributed by atoms with Gasteiger partial charge in [0, 0.05) is 6.04 Å². The molecule has 106 valence electrons. The molecule has 1 rings (SSSR count). The predicted molar refractivity (Wildman–Crippen MR) is 79.3 cm³/mol. The first kappa shape index (κ1) is 16.5. The fourth-order valence-corrected chi connectivity index (χ4v) is 1.92. The lowest BCUT2D eigenvalue weighted by molar-refractivity contribution is -0.117. The van der Waals surface area contributed by atoms with Crippen LogP contribution in [0.1, 0.15) is 6.92 Å². The van der Waals surface area contributed by atoms with Crippen molar-refractivity contribution in [3.05, 3.63) is 27.2 Å². The normalized spacial score (nSPS) is 12.6. The van der Waals surface area contributed by atoms with Gasteiger partial charge in [0.15, 0.2) is 0 Å². The zero-order valence-electron chi connectivity index (χ0n) is 10.6. The van der Waals surface area contributed by atoms with E-state index in [4.69, 9.17) is 39.9 Å². The lowest BCUT2D eigenvalue weighted by Crippen LogP contribution is -2.38. The number of nitrogens with zero attached hydrogens (tertiary/aromatic N) is 1. The van der Waals surface area contributed by atoms with Gasteiger partial charge >= 0.3 is 0 Å². The third-order valence-electron chi connectivity index (χ3n) is 2.69. The highest BCUT2D eigenvalue weighted by Gasteiger charge is 2.14. The highest BCUT2D eigenvalue weighted by Crippen LogP contribution is 2.32. The van der Waals surface area contributed by atoms with Crippen LogP contribution in [0.2, 0.25) is 15.1 Å². The van der Waals surface area contributed by atoms with Crippen LogP contribution in [-0.2, 0) is 4.79 Å². The van der Waals surface area contributed by atoms with Crippen molar-refractivity contribution in [3.8, 4) is 0 Å². The van der Waals surface area contributed by atoms with Gasteiger partial charge in [0.25, 0.3) is 0 Å². The van der Waals surface area contributed by atoms with Crippen molar-refractivity contribution in [2.45, 2.75) is 13.0 Å². The van der Waals surface area contributed by atoms with Crippen molar-refractivity contribution < 1.29 is 9.90 Å². The number of hydrogen-bond acceptors (Lipinski definition) is 3. The summed E-state index contributed by atoms with van der Waals surface area (Å²) in [5.74, 6) is -0.247. The van der Waals surface area contributed by atoms with Crippen molar-refractivity contribution in [3.63, 3.8) is 0 Å². The quantitative estimate of drug-likeness (QED) is 0.819. The largest absolute Gasteiger partial charge is 0.395 e. The number of nitrogens with one attached hydrogen (secondary N) is 1. The Morgan fingerprint density at radius 1 is 1.32 bits per heavy atom. The summed E-state index contributed by atoms with van der Waals surface area (Å²) in [5, 5.41) is 12.6. The van der Waals surface area contributed by atoms with Gasteiger partial charge in [0.05, 0.1) is 33.9 Å². The van der Waals surface area contributed by atoms with E-state index in [1.165, 1.54) is 12.1 Å². The Kier molecular flexibility index (Phi) is 6.36. The van der Waals surface area contributed by atoms with Crippen LogP contribution < -0.4 is 5.32 Å². The van der Waals surface area contributed by atoms with Crippen LogP contribution in [-0.4, -0.2) is 42.2 Å². The van der Waals surface area contributed by atoms with E-state index in [1.807, 2.05) is 6.92 Å². The fraction of sp³-hybridized carbons (Fsp3) is 0.417. The Morgan fingerprint density at radius 2 is 1.89 bits per heavy atom. The SMILES string of the molecule is CC(CO)N(C)CC(=O)Nc1cc(Cl)c(Cl)cc1Cl. The molecule has 7 heteroatoms. The molecule has 0 aromatic heterocycles. The third-order valence-corrected chi connectivity index (χ3v) is 3.73. The highest BCUT2D eigenvalue weighted by atomic mass is 35.5. The Morgan fingerprint density at radius 3 is 2.47 bits per heavy atom. The minimum atomic E-state index is -0.247. The number of amides is 1. The van der Waals surface area contributed by atoms with Gasteiger partial charge in [-0.25, -0.2) is 0 Å². The Balaban J connectivity index is 2.70. The summed E-state index contributed by atoms with van der Waals surface area (Å²) in [6.07, 6.45) is 0. The number of anilines is 1. The molecule has 0 radical (unpaired) electrons. The van der Waals surface area contributed by atoms with Crippen LogP contribution in [0.4, 0.5) is 5.69 Å². The van der Waals surface area contributed by atoms with Crippen molar-refractivity contribution >= 4 is 46.4 Å². The number of benzene rings is 1. The summed E-state index contributed by atoms with van der Waals surface area (Å²) in [7, 11) is 1.75. The minimum absolute atomic E-state index is 0.0166. The number of halogens is 3. The van der Waals surface area contributed by atoms with Crippen LogP contribution in [0.25, 0.3) is 0 Å². The summed E-state index contributed by atoms with van der Waals surface area (Å²) in [6.45, 7) is 1.94. The van der Waals surface area contributed by atoms with Gasteiger partial charge in [-0.1, -0.05) is 34.8 Å². The van der Waals surface area contributed by atoms with Gasteiger partial charge in [-0.15, -0.1) is 0 Å². The van der Waals surface area contributed by atoms with Crippen molar-refractivity contribution in [1.82, 2.24) is 4.90 Å². The topological polar surface area (TPSA) is 52.6 Å². The molecule has 1 unspecified atom stereocenters. The summed E-state index contributed by atoms with van der Waals surface area (Å²) < 4.78 is 0. The highest BCUT2D eigenvalue weighted by molar-refractivity contribution is 6.44. The van der Waals surface area contributed by atoms with Crippen LogP contribution in [0, 0.1) is 0 Å². The second kappa shape index (κ2) is 7.31. The van der Waals surface area contributed by atoms with Crippen LogP contribution in [0.3, 0.4) is 0 Å². The zero-order chi connectivity index (χ0) is 14.6. The molecule has 0 spiro atoms. The first-order valence-electron chi connectivity index (χ1n) is 5.60. The molecule has 19 heavy (non-hydrogen) atoms. The minimum Gasteiger partial charge on any atom is -0.395 e. The second-order valence-electron chi connectivity index (χ2n) is 4.24. The van der Waals surface area contributed by atoms with E-state index in [9.17, 15) is 4.79 Å². The van der Waals surface area contributed by atoms with E-state index in [-0.39, 0.29) is 25.1 Å². The summed E-state index contributed by atoms with van der Waals surface area (Å²) in [4.78, 5) is 13.5. The first-order valence-corrected chi connectivity index (χ1v) is 6.74. The van der Waals surface area contributed by atoms with Crippen molar-refractivity contribution in [1.29, 1.82) is 0 Å².